The van der Waals surface area contributed by atoms with Crippen molar-refractivity contribution in [1.82, 2.24) is 0 Å². The second-order valence-electron chi connectivity index (χ2n) is 6.51. The van der Waals surface area contributed by atoms with Crippen LogP contribution in [0.1, 0.15) is 66.2 Å². The first kappa shape index (κ1) is 17.7. The molecule has 21 heavy (non-hydrogen) atoms. The summed E-state index contributed by atoms with van der Waals surface area (Å²) in [6.45, 7) is 12.4. The second kappa shape index (κ2) is 8.81. The van der Waals surface area contributed by atoms with Gasteiger partial charge in [-0.05, 0) is 59.8 Å². The smallest absolute Gasteiger partial charge is 0.144 e. The van der Waals surface area contributed by atoms with Crippen molar-refractivity contribution in [3.05, 3.63) is 47.1 Å². The van der Waals surface area contributed by atoms with Crippen molar-refractivity contribution in [3.8, 4) is 0 Å². The molecular weight excluding hydrogens is 256 g/mol. The fourth-order valence-corrected chi connectivity index (χ4v) is 2.69. The van der Waals surface area contributed by atoms with Gasteiger partial charge in [0.15, 0.2) is 0 Å². The van der Waals surface area contributed by atoms with E-state index in [1.807, 2.05) is 6.92 Å². The van der Waals surface area contributed by atoms with E-state index in [1.165, 1.54) is 16.7 Å². The molecule has 0 saturated heterocycles. The molecular formula is C20H30O. The predicted octanol–water partition coefficient (Wildman–Crippen LogP) is 5.94. The molecule has 0 aromatic rings. The lowest BCUT2D eigenvalue weighted by Gasteiger charge is -2.15. The average Bonchev–Trinajstić information content (AvgIpc) is 2.37. The molecule has 0 amide bonds. The van der Waals surface area contributed by atoms with Crippen LogP contribution in [0.4, 0.5) is 0 Å². The van der Waals surface area contributed by atoms with Crippen molar-refractivity contribution in [2.45, 2.75) is 66.2 Å². The third-order valence-corrected chi connectivity index (χ3v) is 4.20. The Morgan fingerprint density at radius 1 is 1.00 bits per heavy atom. The maximum atomic E-state index is 12.5. The molecule has 0 N–H and O–H groups in total. The Kier molecular flexibility index (Phi) is 7.42. The molecule has 116 valence electrons. The largest absolute Gasteiger partial charge is 0.299 e. The third kappa shape index (κ3) is 6.75. The first-order chi connectivity index (χ1) is 9.90. The maximum absolute atomic E-state index is 12.5. The van der Waals surface area contributed by atoms with Crippen molar-refractivity contribution in [3.63, 3.8) is 0 Å². The van der Waals surface area contributed by atoms with Gasteiger partial charge in [-0.1, -0.05) is 47.1 Å². The number of allylic oxidation sites excluding steroid dienone is 7. The Bertz CT molecular complexity index is 474. The van der Waals surface area contributed by atoms with Gasteiger partial charge in [0.2, 0.25) is 0 Å². The molecule has 0 aromatic heterocycles. The number of ketones is 1. The Labute approximate surface area is 130 Å². The minimum absolute atomic E-state index is 0.0245. The molecule has 0 radical (unpaired) electrons. The molecule has 1 nitrogen and oxygen atoms in total. The molecule has 0 fully saturated rings. The van der Waals surface area contributed by atoms with E-state index in [0.717, 1.165) is 37.7 Å². The number of Topliss-reactive ketones (excluding diaryl/α,β-unsaturated/α-hetero) is 1. The highest BCUT2D eigenvalue weighted by Crippen LogP contribution is 2.22. The second-order valence-corrected chi connectivity index (χ2v) is 6.51. The highest BCUT2D eigenvalue weighted by Gasteiger charge is 2.18. The van der Waals surface area contributed by atoms with Crippen molar-refractivity contribution >= 4 is 5.78 Å². The van der Waals surface area contributed by atoms with Crippen molar-refractivity contribution < 1.29 is 4.79 Å². The normalized spacial score (nSPS) is 30.2. The van der Waals surface area contributed by atoms with E-state index in [0.29, 0.717) is 12.2 Å². The molecule has 1 atom stereocenters. The zero-order valence-electron chi connectivity index (χ0n) is 14.2. The van der Waals surface area contributed by atoms with Gasteiger partial charge in [-0.2, -0.15) is 0 Å². The topological polar surface area (TPSA) is 17.1 Å². The van der Waals surface area contributed by atoms with Crippen LogP contribution in [0.2, 0.25) is 0 Å². The molecule has 0 aliphatic heterocycles. The summed E-state index contributed by atoms with van der Waals surface area (Å²) in [6, 6.07) is 0. The summed E-state index contributed by atoms with van der Waals surface area (Å²) in [7, 11) is 0. The lowest BCUT2D eigenvalue weighted by atomic mass is 9.88. The fraction of sp³-hybridized carbons (Fsp3) is 0.550. The molecule has 1 heteroatoms. The molecule has 1 rings (SSSR count). The van der Waals surface area contributed by atoms with Crippen molar-refractivity contribution in [1.29, 1.82) is 0 Å². The number of carbonyl (C=O) groups excluding carboxylic acids is 1. The minimum Gasteiger partial charge on any atom is -0.299 e. The van der Waals surface area contributed by atoms with Gasteiger partial charge < -0.3 is 0 Å². The predicted molar refractivity (Wildman–Crippen MR) is 92.3 cm³/mol. The van der Waals surface area contributed by atoms with E-state index >= 15 is 0 Å². The summed E-state index contributed by atoms with van der Waals surface area (Å²) in [5.74, 6) is 0.285. The summed E-state index contributed by atoms with van der Waals surface area (Å²) in [5.41, 5.74) is 5.01. The average molecular weight is 286 g/mol. The first-order valence-corrected chi connectivity index (χ1v) is 8.05. The zero-order chi connectivity index (χ0) is 15.8. The standard InChI is InChI=1S/C20H30O/c1-15(2)19-13-12-17(4)10-6-8-16(3)9-7-11-18(5)14-20(19)21/h8,11-12,19H,1,6-7,9-10,13-14H2,2-5H3/b16-8+,17-12+,18-11+/t19-/m1/s1. The van der Waals surface area contributed by atoms with Crippen LogP contribution in [0.5, 0.6) is 0 Å². The first-order valence-electron chi connectivity index (χ1n) is 8.05. The lowest BCUT2D eigenvalue weighted by molar-refractivity contribution is -0.121. The van der Waals surface area contributed by atoms with Gasteiger partial charge in [0.1, 0.15) is 5.78 Å². The number of hydrogen-bond acceptors (Lipinski definition) is 1. The van der Waals surface area contributed by atoms with E-state index in [1.54, 1.807) is 0 Å². The fourth-order valence-electron chi connectivity index (χ4n) is 2.69. The van der Waals surface area contributed by atoms with Crippen LogP contribution in [-0.2, 0) is 4.79 Å². The van der Waals surface area contributed by atoms with Crippen LogP contribution in [0, 0.1) is 5.92 Å². The highest BCUT2D eigenvalue weighted by molar-refractivity contribution is 5.85. The van der Waals surface area contributed by atoms with E-state index < -0.39 is 0 Å². The van der Waals surface area contributed by atoms with E-state index in [-0.39, 0.29) is 5.92 Å². The van der Waals surface area contributed by atoms with Gasteiger partial charge >= 0.3 is 0 Å². The molecule has 0 spiro atoms. The highest BCUT2D eigenvalue weighted by atomic mass is 16.1. The lowest BCUT2D eigenvalue weighted by Crippen LogP contribution is -2.15. The molecule has 0 saturated carbocycles. The zero-order valence-corrected chi connectivity index (χ0v) is 14.2. The van der Waals surface area contributed by atoms with Gasteiger partial charge in [-0.25, -0.2) is 0 Å². The molecule has 0 unspecified atom stereocenters. The van der Waals surface area contributed by atoms with Gasteiger partial charge in [-0.3, -0.25) is 4.79 Å². The van der Waals surface area contributed by atoms with E-state index in [9.17, 15) is 4.79 Å². The third-order valence-electron chi connectivity index (χ3n) is 4.20. The number of carbonyl (C=O) groups is 1. The van der Waals surface area contributed by atoms with Crippen LogP contribution in [0.3, 0.4) is 0 Å². The van der Waals surface area contributed by atoms with Gasteiger partial charge in [0.25, 0.3) is 0 Å². The van der Waals surface area contributed by atoms with Crippen molar-refractivity contribution in [2.75, 3.05) is 0 Å². The van der Waals surface area contributed by atoms with Gasteiger partial charge in [-0.15, -0.1) is 0 Å². The Hall–Kier alpha value is -1.37. The summed E-state index contributed by atoms with van der Waals surface area (Å²) in [5, 5.41) is 0. The Morgan fingerprint density at radius 3 is 2.10 bits per heavy atom. The summed E-state index contributed by atoms with van der Waals surface area (Å²) >= 11 is 0. The van der Waals surface area contributed by atoms with Gasteiger partial charge in [0.05, 0.1) is 0 Å². The molecule has 1 aliphatic carbocycles. The summed E-state index contributed by atoms with van der Waals surface area (Å²) < 4.78 is 0. The van der Waals surface area contributed by atoms with Crippen molar-refractivity contribution in [2.24, 2.45) is 5.92 Å². The Balaban J connectivity index is 2.92. The minimum atomic E-state index is -0.0245. The van der Waals surface area contributed by atoms with E-state index in [2.05, 4.69) is 45.6 Å². The molecule has 0 heterocycles. The maximum Gasteiger partial charge on any atom is 0.144 e. The molecule has 0 aromatic carbocycles. The van der Waals surface area contributed by atoms with E-state index in [4.69, 9.17) is 0 Å². The number of hydrogen-bond donors (Lipinski definition) is 0. The monoisotopic (exact) mass is 286 g/mol. The van der Waals surface area contributed by atoms with Gasteiger partial charge in [0, 0.05) is 12.3 Å². The van der Waals surface area contributed by atoms with Crippen LogP contribution < -0.4 is 0 Å². The summed E-state index contributed by atoms with van der Waals surface area (Å²) in [6.07, 6.45) is 12.5. The van der Waals surface area contributed by atoms with Crippen LogP contribution in [-0.4, -0.2) is 5.78 Å². The number of rotatable bonds is 1. The summed E-state index contributed by atoms with van der Waals surface area (Å²) in [4.78, 5) is 12.5. The van der Waals surface area contributed by atoms with Crippen LogP contribution in [0.15, 0.2) is 47.1 Å². The SMILES string of the molecule is C=C(C)[C@H]1C/C=C(\C)CC/C=C(\C)CC/C=C(\C)CC1=O. The molecule has 0 bridgehead atoms. The van der Waals surface area contributed by atoms with Crippen LogP contribution in [0.25, 0.3) is 0 Å². The molecule has 1 aliphatic rings. The Morgan fingerprint density at radius 2 is 1.52 bits per heavy atom. The quantitative estimate of drug-likeness (QED) is 0.545. The van der Waals surface area contributed by atoms with Crippen LogP contribution >= 0.6 is 0 Å².